The van der Waals surface area contributed by atoms with Crippen molar-refractivity contribution in [3.05, 3.63) is 46.4 Å². The van der Waals surface area contributed by atoms with Crippen LogP contribution in [0, 0.1) is 0 Å². The molecule has 90 valence electrons. The second-order valence-electron chi connectivity index (χ2n) is 3.90. The molecule has 0 radical (unpaired) electrons. The number of fused-ring (bicyclic) bond motifs is 1. The van der Waals surface area contributed by atoms with Crippen LogP contribution in [0.3, 0.4) is 0 Å². The summed E-state index contributed by atoms with van der Waals surface area (Å²) in [5.74, 6) is 0. The van der Waals surface area contributed by atoms with E-state index in [2.05, 4.69) is 4.98 Å². The highest BCUT2D eigenvalue weighted by Crippen LogP contribution is 2.33. The lowest BCUT2D eigenvalue weighted by molar-refractivity contribution is 1.48. The molecule has 0 saturated carbocycles. The number of benzene rings is 2. The molecular formula is C13H8Cl2N2S. The van der Waals surface area contributed by atoms with Crippen molar-refractivity contribution in [2.24, 2.45) is 0 Å². The van der Waals surface area contributed by atoms with E-state index >= 15 is 0 Å². The molecule has 0 bridgehead atoms. The Hall–Kier alpha value is -1.29. The van der Waals surface area contributed by atoms with E-state index in [1.807, 2.05) is 30.3 Å². The molecule has 0 aliphatic rings. The third-order valence-electron chi connectivity index (χ3n) is 2.52. The summed E-state index contributed by atoms with van der Waals surface area (Å²) < 4.78 is 1.05. The largest absolute Gasteiger partial charge is 0.399 e. The zero-order chi connectivity index (χ0) is 12.7. The fourth-order valence-corrected chi connectivity index (χ4v) is 3.23. The molecule has 0 atom stereocenters. The molecule has 3 rings (SSSR count). The maximum atomic E-state index is 6.00. The van der Waals surface area contributed by atoms with Crippen LogP contribution in [0.4, 0.5) is 5.69 Å². The first-order valence-corrected chi connectivity index (χ1v) is 6.81. The van der Waals surface area contributed by atoms with Crippen LogP contribution in [0.5, 0.6) is 0 Å². The fraction of sp³-hybridized carbons (Fsp3) is 0. The van der Waals surface area contributed by atoms with Gasteiger partial charge in [0.25, 0.3) is 0 Å². The molecule has 1 heterocycles. The van der Waals surface area contributed by atoms with Crippen molar-refractivity contribution in [2.75, 3.05) is 5.73 Å². The molecule has 2 nitrogen and oxygen atoms in total. The predicted octanol–water partition coefficient (Wildman–Crippen LogP) is 4.85. The minimum atomic E-state index is 0.613. The van der Waals surface area contributed by atoms with E-state index in [1.54, 1.807) is 17.4 Å². The minimum absolute atomic E-state index is 0.613. The van der Waals surface area contributed by atoms with Gasteiger partial charge < -0.3 is 5.73 Å². The summed E-state index contributed by atoms with van der Waals surface area (Å²) in [5, 5.41) is 2.21. The van der Waals surface area contributed by atoms with E-state index in [0.717, 1.165) is 20.8 Å². The number of rotatable bonds is 1. The molecule has 2 N–H and O–H groups in total. The Labute approximate surface area is 118 Å². The van der Waals surface area contributed by atoms with E-state index in [-0.39, 0.29) is 0 Å². The van der Waals surface area contributed by atoms with Crippen LogP contribution in [0.25, 0.3) is 20.8 Å². The zero-order valence-corrected chi connectivity index (χ0v) is 11.5. The van der Waals surface area contributed by atoms with Crippen LogP contribution in [0.1, 0.15) is 0 Å². The summed E-state index contributed by atoms with van der Waals surface area (Å²) in [6.45, 7) is 0. The Kier molecular flexibility index (Phi) is 2.90. The highest BCUT2D eigenvalue weighted by atomic mass is 35.5. The molecule has 2 aromatic carbocycles. The summed E-state index contributed by atoms with van der Waals surface area (Å²) in [6.07, 6.45) is 0. The number of aromatic nitrogens is 1. The summed E-state index contributed by atoms with van der Waals surface area (Å²) in [7, 11) is 0. The summed E-state index contributed by atoms with van der Waals surface area (Å²) in [5.41, 5.74) is 8.28. The number of thiazole rings is 1. The normalized spacial score (nSPS) is 11.0. The van der Waals surface area contributed by atoms with Gasteiger partial charge in [0.05, 0.1) is 10.2 Å². The topological polar surface area (TPSA) is 38.9 Å². The zero-order valence-electron chi connectivity index (χ0n) is 9.15. The molecular weight excluding hydrogens is 287 g/mol. The van der Waals surface area contributed by atoms with Crippen LogP contribution >= 0.6 is 34.5 Å². The molecule has 0 saturated heterocycles. The monoisotopic (exact) mass is 294 g/mol. The molecule has 5 heteroatoms. The molecule has 1 aromatic heterocycles. The molecule has 0 spiro atoms. The minimum Gasteiger partial charge on any atom is -0.399 e. The van der Waals surface area contributed by atoms with Crippen LogP contribution in [-0.4, -0.2) is 4.98 Å². The van der Waals surface area contributed by atoms with Gasteiger partial charge in [-0.15, -0.1) is 11.3 Å². The Morgan fingerprint density at radius 2 is 1.83 bits per heavy atom. The highest BCUT2D eigenvalue weighted by Gasteiger charge is 2.08. The average molecular weight is 295 g/mol. The Morgan fingerprint density at radius 1 is 1.00 bits per heavy atom. The first-order valence-electron chi connectivity index (χ1n) is 5.24. The van der Waals surface area contributed by atoms with Gasteiger partial charge in [0.1, 0.15) is 5.01 Å². The first-order chi connectivity index (χ1) is 8.61. The predicted molar refractivity (Wildman–Crippen MR) is 79.5 cm³/mol. The highest BCUT2D eigenvalue weighted by molar-refractivity contribution is 7.21. The maximum absolute atomic E-state index is 6.00. The Balaban J connectivity index is 2.19. The number of nitrogen functional groups attached to an aromatic ring is 1. The van der Waals surface area contributed by atoms with Gasteiger partial charge in [0, 0.05) is 21.3 Å². The molecule has 0 unspecified atom stereocenters. The van der Waals surface area contributed by atoms with Crippen molar-refractivity contribution in [1.29, 1.82) is 0 Å². The Morgan fingerprint density at radius 3 is 2.61 bits per heavy atom. The third-order valence-corrected chi connectivity index (χ3v) is 4.04. The second-order valence-corrected chi connectivity index (χ2v) is 5.81. The lowest BCUT2D eigenvalue weighted by atomic mass is 10.2. The maximum Gasteiger partial charge on any atom is 0.124 e. The first kappa shape index (κ1) is 11.8. The van der Waals surface area contributed by atoms with Crippen molar-refractivity contribution in [2.45, 2.75) is 0 Å². The third kappa shape index (κ3) is 2.17. The van der Waals surface area contributed by atoms with Crippen LogP contribution in [-0.2, 0) is 0 Å². The van der Waals surface area contributed by atoms with Gasteiger partial charge in [-0.25, -0.2) is 4.98 Å². The molecule has 18 heavy (non-hydrogen) atoms. The van der Waals surface area contributed by atoms with E-state index in [4.69, 9.17) is 28.9 Å². The smallest absolute Gasteiger partial charge is 0.124 e. The lowest BCUT2D eigenvalue weighted by Crippen LogP contribution is -1.85. The van der Waals surface area contributed by atoms with Gasteiger partial charge in [-0.2, -0.15) is 0 Å². The van der Waals surface area contributed by atoms with Crippen LogP contribution in [0.15, 0.2) is 36.4 Å². The number of hydrogen-bond donors (Lipinski definition) is 1. The SMILES string of the molecule is Nc1cc(Cl)cc(-c2nc3ccc(Cl)cc3s2)c1. The van der Waals surface area contributed by atoms with Gasteiger partial charge >= 0.3 is 0 Å². The standard InChI is InChI=1S/C13H8Cl2N2S/c14-8-1-2-11-12(6-8)18-13(17-11)7-3-9(15)5-10(16)4-7/h1-6H,16H2. The van der Waals surface area contributed by atoms with E-state index < -0.39 is 0 Å². The number of halogens is 2. The molecule has 0 aliphatic carbocycles. The van der Waals surface area contributed by atoms with Crippen molar-refractivity contribution in [1.82, 2.24) is 4.98 Å². The quantitative estimate of drug-likeness (QED) is 0.652. The molecule has 0 aliphatic heterocycles. The summed E-state index contributed by atoms with van der Waals surface area (Å²) in [4.78, 5) is 4.55. The van der Waals surface area contributed by atoms with Crippen molar-refractivity contribution >= 4 is 50.4 Å². The van der Waals surface area contributed by atoms with Crippen molar-refractivity contribution in [3.8, 4) is 10.6 Å². The number of nitrogens with zero attached hydrogens (tertiary/aromatic N) is 1. The van der Waals surface area contributed by atoms with Gasteiger partial charge in [-0.05, 0) is 36.4 Å². The van der Waals surface area contributed by atoms with Crippen LogP contribution in [0.2, 0.25) is 10.0 Å². The van der Waals surface area contributed by atoms with Gasteiger partial charge in [-0.1, -0.05) is 23.2 Å². The van der Waals surface area contributed by atoms with E-state index in [9.17, 15) is 0 Å². The Bertz CT molecular complexity index is 717. The number of hydrogen-bond acceptors (Lipinski definition) is 3. The molecule has 0 fully saturated rings. The summed E-state index contributed by atoms with van der Waals surface area (Å²) >= 11 is 13.5. The average Bonchev–Trinajstić information content (AvgIpc) is 2.70. The van der Waals surface area contributed by atoms with Crippen molar-refractivity contribution < 1.29 is 0 Å². The van der Waals surface area contributed by atoms with Gasteiger partial charge in [0.15, 0.2) is 0 Å². The number of nitrogens with two attached hydrogens (primary N) is 1. The second kappa shape index (κ2) is 4.43. The van der Waals surface area contributed by atoms with Gasteiger partial charge in [0.2, 0.25) is 0 Å². The number of anilines is 1. The van der Waals surface area contributed by atoms with Crippen molar-refractivity contribution in [3.63, 3.8) is 0 Å². The van der Waals surface area contributed by atoms with Crippen LogP contribution < -0.4 is 5.73 Å². The fourth-order valence-electron chi connectivity index (χ4n) is 1.76. The van der Waals surface area contributed by atoms with E-state index in [1.165, 1.54) is 0 Å². The summed E-state index contributed by atoms with van der Waals surface area (Å²) in [6, 6.07) is 11.1. The molecule has 0 amide bonds. The van der Waals surface area contributed by atoms with Gasteiger partial charge in [-0.3, -0.25) is 0 Å². The van der Waals surface area contributed by atoms with E-state index in [0.29, 0.717) is 15.7 Å². The lowest BCUT2D eigenvalue weighted by Gasteiger charge is -1.99. The molecule has 3 aromatic rings.